The molecule has 24 heavy (non-hydrogen) atoms. The van der Waals surface area contributed by atoms with Crippen LogP contribution in [0.3, 0.4) is 0 Å². The van der Waals surface area contributed by atoms with Crippen molar-refractivity contribution in [2.24, 2.45) is 0 Å². The highest BCUT2D eigenvalue weighted by atomic mass is 16.3. The molecule has 2 nitrogen and oxygen atoms in total. The van der Waals surface area contributed by atoms with Gasteiger partial charge < -0.3 is 10.2 Å². The standard InChI is InChI=1S/C22H32O2/c1-16(2)8-6-9-17(3)10-7-11-18(4)12-13-20-15-21(23)14-19(5)22(20)24/h8,10,12,14-15,23-24H,6-7,9,11,13H2,1-5H3. The normalized spacial score (nSPS) is 12.4. The van der Waals surface area contributed by atoms with E-state index in [1.807, 2.05) is 0 Å². The average molecular weight is 328 g/mol. The van der Waals surface area contributed by atoms with Gasteiger partial charge in [0.2, 0.25) is 0 Å². The van der Waals surface area contributed by atoms with E-state index in [2.05, 4.69) is 45.9 Å². The Morgan fingerprint density at radius 3 is 2.08 bits per heavy atom. The fourth-order valence-corrected chi connectivity index (χ4v) is 2.61. The van der Waals surface area contributed by atoms with E-state index in [-0.39, 0.29) is 11.5 Å². The summed E-state index contributed by atoms with van der Waals surface area (Å²) in [7, 11) is 0. The second-order valence-electron chi connectivity index (χ2n) is 6.93. The monoisotopic (exact) mass is 328 g/mol. The second kappa shape index (κ2) is 10.0. The van der Waals surface area contributed by atoms with Gasteiger partial charge in [-0.3, -0.25) is 0 Å². The van der Waals surface area contributed by atoms with Crippen molar-refractivity contribution in [3.05, 3.63) is 58.2 Å². The Kier molecular flexibility index (Phi) is 8.39. The quantitative estimate of drug-likeness (QED) is 0.430. The Bertz CT molecular complexity index is 630. The van der Waals surface area contributed by atoms with Crippen LogP contribution in [0.15, 0.2) is 47.1 Å². The summed E-state index contributed by atoms with van der Waals surface area (Å²) in [5, 5.41) is 19.7. The van der Waals surface area contributed by atoms with E-state index in [0.717, 1.165) is 31.2 Å². The third-order valence-corrected chi connectivity index (χ3v) is 4.16. The van der Waals surface area contributed by atoms with Crippen LogP contribution in [0.4, 0.5) is 0 Å². The lowest BCUT2D eigenvalue weighted by Gasteiger charge is -2.07. The highest BCUT2D eigenvalue weighted by molar-refractivity contribution is 5.46. The minimum atomic E-state index is 0.210. The zero-order chi connectivity index (χ0) is 18.1. The Balaban J connectivity index is 2.49. The number of allylic oxidation sites excluding steroid dienone is 6. The second-order valence-corrected chi connectivity index (χ2v) is 6.93. The van der Waals surface area contributed by atoms with E-state index < -0.39 is 0 Å². The van der Waals surface area contributed by atoms with Gasteiger partial charge >= 0.3 is 0 Å². The summed E-state index contributed by atoms with van der Waals surface area (Å²) < 4.78 is 0. The van der Waals surface area contributed by atoms with E-state index in [9.17, 15) is 10.2 Å². The summed E-state index contributed by atoms with van der Waals surface area (Å²) in [6.45, 7) is 10.4. The molecule has 0 aliphatic carbocycles. The maximum Gasteiger partial charge on any atom is 0.122 e. The lowest BCUT2D eigenvalue weighted by molar-refractivity contribution is 0.451. The number of benzene rings is 1. The molecule has 0 atom stereocenters. The molecule has 0 fully saturated rings. The van der Waals surface area contributed by atoms with Crippen molar-refractivity contribution < 1.29 is 10.2 Å². The Labute approximate surface area is 147 Å². The Hall–Kier alpha value is -1.96. The minimum Gasteiger partial charge on any atom is -0.508 e. The molecule has 0 unspecified atom stereocenters. The number of hydrogen-bond donors (Lipinski definition) is 2. The maximum absolute atomic E-state index is 10.1. The molecule has 0 amide bonds. The zero-order valence-electron chi connectivity index (χ0n) is 15.8. The molecule has 1 rings (SSSR count). The van der Waals surface area contributed by atoms with Crippen molar-refractivity contribution >= 4 is 0 Å². The van der Waals surface area contributed by atoms with Gasteiger partial charge in [0.1, 0.15) is 11.5 Å². The molecule has 0 aliphatic heterocycles. The van der Waals surface area contributed by atoms with E-state index in [1.54, 1.807) is 19.1 Å². The van der Waals surface area contributed by atoms with Crippen LogP contribution in [0, 0.1) is 6.92 Å². The minimum absolute atomic E-state index is 0.210. The number of phenolic OH excluding ortho intramolecular Hbond substituents is 2. The molecule has 132 valence electrons. The molecule has 2 N–H and O–H groups in total. The van der Waals surface area contributed by atoms with Crippen molar-refractivity contribution in [3.8, 4) is 11.5 Å². The van der Waals surface area contributed by atoms with Crippen LogP contribution < -0.4 is 0 Å². The average Bonchev–Trinajstić information content (AvgIpc) is 2.49. The molecule has 0 aliphatic rings. The van der Waals surface area contributed by atoms with Gasteiger partial charge in [-0.15, -0.1) is 0 Å². The molecule has 1 aromatic carbocycles. The summed E-state index contributed by atoms with van der Waals surface area (Å²) in [5.41, 5.74) is 5.63. The summed E-state index contributed by atoms with van der Waals surface area (Å²) >= 11 is 0. The summed E-state index contributed by atoms with van der Waals surface area (Å²) in [6.07, 6.45) is 11.7. The third-order valence-electron chi connectivity index (χ3n) is 4.16. The van der Waals surface area contributed by atoms with Gasteiger partial charge in [0.25, 0.3) is 0 Å². The molecular formula is C22H32O2. The van der Waals surface area contributed by atoms with E-state index in [0.29, 0.717) is 12.0 Å². The van der Waals surface area contributed by atoms with E-state index in [4.69, 9.17) is 0 Å². The molecule has 0 spiro atoms. The number of rotatable bonds is 8. The molecular weight excluding hydrogens is 296 g/mol. The summed E-state index contributed by atoms with van der Waals surface area (Å²) in [4.78, 5) is 0. The third kappa shape index (κ3) is 7.54. The lowest BCUT2D eigenvalue weighted by atomic mass is 10.0. The van der Waals surface area contributed by atoms with Crippen molar-refractivity contribution in [2.75, 3.05) is 0 Å². The number of aromatic hydroxyl groups is 2. The van der Waals surface area contributed by atoms with Crippen molar-refractivity contribution in [1.82, 2.24) is 0 Å². The van der Waals surface area contributed by atoms with Gasteiger partial charge in [-0.1, -0.05) is 34.9 Å². The first kappa shape index (κ1) is 20.1. The first-order chi connectivity index (χ1) is 11.3. The van der Waals surface area contributed by atoms with Gasteiger partial charge in [0.15, 0.2) is 0 Å². The van der Waals surface area contributed by atoms with Crippen molar-refractivity contribution in [2.45, 2.75) is 66.7 Å². The smallest absolute Gasteiger partial charge is 0.122 e. The molecule has 1 aromatic rings. The number of aryl methyl sites for hydroxylation is 1. The van der Waals surface area contributed by atoms with Crippen molar-refractivity contribution in [1.29, 1.82) is 0 Å². The van der Waals surface area contributed by atoms with Crippen LogP contribution in [0.5, 0.6) is 11.5 Å². The van der Waals surface area contributed by atoms with Crippen LogP contribution in [0.1, 0.15) is 64.5 Å². The van der Waals surface area contributed by atoms with Gasteiger partial charge in [-0.05, 0) is 84.4 Å². The number of hydrogen-bond acceptors (Lipinski definition) is 2. The first-order valence-electron chi connectivity index (χ1n) is 8.75. The Morgan fingerprint density at radius 1 is 0.875 bits per heavy atom. The predicted octanol–water partition coefficient (Wildman–Crippen LogP) is 6.37. The van der Waals surface area contributed by atoms with Crippen LogP contribution in [0.2, 0.25) is 0 Å². The van der Waals surface area contributed by atoms with Gasteiger partial charge in [-0.2, -0.15) is 0 Å². The van der Waals surface area contributed by atoms with Crippen LogP contribution in [0.25, 0.3) is 0 Å². The molecule has 2 heteroatoms. The highest BCUT2D eigenvalue weighted by Gasteiger charge is 2.05. The molecule has 0 aromatic heterocycles. The molecule has 0 saturated carbocycles. The number of phenols is 2. The van der Waals surface area contributed by atoms with E-state index in [1.165, 1.54) is 16.7 Å². The van der Waals surface area contributed by atoms with Gasteiger partial charge in [0, 0.05) is 5.56 Å². The fraction of sp³-hybridized carbons (Fsp3) is 0.455. The lowest BCUT2D eigenvalue weighted by Crippen LogP contribution is -1.88. The largest absolute Gasteiger partial charge is 0.508 e. The topological polar surface area (TPSA) is 40.5 Å². The highest BCUT2D eigenvalue weighted by Crippen LogP contribution is 2.28. The fourth-order valence-electron chi connectivity index (χ4n) is 2.61. The molecule has 0 bridgehead atoms. The SMILES string of the molecule is CC(C)=CCCC(C)=CCCC(C)=CCc1cc(O)cc(C)c1O. The molecule has 0 saturated heterocycles. The zero-order valence-corrected chi connectivity index (χ0v) is 15.8. The van der Waals surface area contributed by atoms with E-state index >= 15 is 0 Å². The predicted molar refractivity (Wildman–Crippen MR) is 104 cm³/mol. The molecule has 0 heterocycles. The van der Waals surface area contributed by atoms with Crippen molar-refractivity contribution in [3.63, 3.8) is 0 Å². The van der Waals surface area contributed by atoms with Crippen LogP contribution in [-0.4, -0.2) is 10.2 Å². The molecule has 0 radical (unpaired) electrons. The van der Waals surface area contributed by atoms with Gasteiger partial charge in [0.05, 0.1) is 0 Å². The van der Waals surface area contributed by atoms with Gasteiger partial charge in [-0.25, -0.2) is 0 Å². The maximum atomic E-state index is 10.1. The first-order valence-corrected chi connectivity index (χ1v) is 8.75. The van der Waals surface area contributed by atoms with Crippen LogP contribution >= 0.6 is 0 Å². The Morgan fingerprint density at radius 2 is 1.46 bits per heavy atom. The summed E-state index contributed by atoms with van der Waals surface area (Å²) in [5.74, 6) is 0.494. The van der Waals surface area contributed by atoms with Crippen LogP contribution in [-0.2, 0) is 6.42 Å². The summed E-state index contributed by atoms with van der Waals surface area (Å²) in [6, 6.07) is 3.22.